The molecule has 1 aromatic heterocycles. The average molecular weight is 712 g/mol. The Kier molecular flexibility index (Phi) is 11.3. The van der Waals surface area contributed by atoms with E-state index in [4.69, 9.17) is 42.1 Å². The van der Waals surface area contributed by atoms with Crippen LogP contribution < -0.4 is 29.1 Å². The van der Waals surface area contributed by atoms with Crippen LogP contribution in [0.25, 0.3) is 6.08 Å². The standard InChI is InChI=1S/C35H32Cl2N2O8S/c1-5-44-28-16-22(10-14-27(28)47-19-30(40)43-4)32-31(34(42)45-6-2)20(3)38-35-39(32)33(41)29(48-35)15-21-7-12-25(13-8-21)46-18-23-9-11-24(36)17-26(23)37/h7-17,32H,5-6,18-19H2,1-4H3/b29-15-/t32-/m0/s1. The minimum Gasteiger partial charge on any atom is -0.490 e. The summed E-state index contributed by atoms with van der Waals surface area (Å²) >= 11 is 13.5. The molecule has 0 bridgehead atoms. The van der Waals surface area contributed by atoms with Gasteiger partial charge in [0.1, 0.15) is 12.4 Å². The molecule has 0 spiro atoms. The van der Waals surface area contributed by atoms with E-state index in [2.05, 4.69) is 9.73 Å². The molecule has 4 aromatic rings. The summed E-state index contributed by atoms with van der Waals surface area (Å²) in [5.74, 6) is 0.123. The lowest BCUT2D eigenvalue weighted by Gasteiger charge is -2.25. The molecule has 0 saturated heterocycles. The van der Waals surface area contributed by atoms with E-state index in [1.165, 1.54) is 23.0 Å². The fourth-order valence-corrected chi connectivity index (χ4v) is 6.51. The third-order valence-electron chi connectivity index (χ3n) is 7.26. The number of esters is 2. The van der Waals surface area contributed by atoms with E-state index >= 15 is 0 Å². The van der Waals surface area contributed by atoms with Crippen molar-refractivity contribution in [1.29, 1.82) is 0 Å². The third-order valence-corrected chi connectivity index (χ3v) is 8.83. The van der Waals surface area contributed by atoms with Gasteiger partial charge in [0.2, 0.25) is 0 Å². The van der Waals surface area contributed by atoms with Gasteiger partial charge >= 0.3 is 11.9 Å². The molecular formula is C35H32Cl2N2O8S. The second kappa shape index (κ2) is 15.5. The van der Waals surface area contributed by atoms with Gasteiger partial charge in [0, 0.05) is 15.6 Å². The summed E-state index contributed by atoms with van der Waals surface area (Å²) < 4.78 is 29.3. The Labute approximate surface area is 290 Å². The Balaban J connectivity index is 1.51. The fraction of sp³-hybridized carbons (Fsp3) is 0.257. The predicted molar refractivity (Wildman–Crippen MR) is 183 cm³/mol. The molecule has 0 saturated carbocycles. The topological polar surface area (TPSA) is 115 Å². The molecule has 0 radical (unpaired) electrons. The number of carbonyl (C=O) groups is 2. The first-order chi connectivity index (χ1) is 23.1. The molecule has 0 unspecified atom stereocenters. The number of ether oxygens (including phenoxy) is 5. The van der Waals surface area contributed by atoms with Crippen molar-refractivity contribution < 1.29 is 33.3 Å². The highest BCUT2D eigenvalue weighted by molar-refractivity contribution is 7.07. The van der Waals surface area contributed by atoms with Gasteiger partial charge in [-0.3, -0.25) is 9.36 Å². The highest BCUT2D eigenvalue weighted by Gasteiger charge is 2.34. The smallest absolute Gasteiger partial charge is 0.343 e. The van der Waals surface area contributed by atoms with Crippen LogP contribution in [0.4, 0.5) is 0 Å². The van der Waals surface area contributed by atoms with Crippen LogP contribution in [-0.2, 0) is 25.7 Å². The second-order valence-corrected chi connectivity index (χ2v) is 12.3. The number of halogens is 2. The van der Waals surface area contributed by atoms with E-state index in [1.54, 1.807) is 62.4 Å². The quantitative estimate of drug-likeness (QED) is 0.174. The lowest BCUT2D eigenvalue weighted by molar-refractivity contribution is -0.143. The number of hydrogen-bond donors (Lipinski definition) is 0. The molecule has 13 heteroatoms. The molecule has 10 nitrogen and oxygen atoms in total. The summed E-state index contributed by atoms with van der Waals surface area (Å²) in [4.78, 5) is 44.1. The number of methoxy groups -OCH3 is 1. The van der Waals surface area contributed by atoms with Crippen LogP contribution in [-0.4, -0.2) is 43.4 Å². The van der Waals surface area contributed by atoms with Crippen LogP contribution in [0, 0.1) is 0 Å². The lowest BCUT2D eigenvalue weighted by Crippen LogP contribution is -2.40. The summed E-state index contributed by atoms with van der Waals surface area (Å²) in [7, 11) is 1.27. The SMILES string of the molecule is CCOC(=O)C1=C(C)N=c2s/c(=C\c3ccc(OCc4ccc(Cl)cc4Cl)cc3)c(=O)n2[C@H]1c1ccc(OCC(=O)OC)c(OCC)c1. The van der Waals surface area contributed by atoms with Gasteiger partial charge in [-0.05, 0) is 74.4 Å². The average Bonchev–Trinajstić information content (AvgIpc) is 3.37. The number of rotatable bonds is 12. The number of nitrogens with zero attached hydrogens (tertiary/aromatic N) is 2. The Hall–Kier alpha value is -4.58. The van der Waals surface area contributed by atoms with E-state index < -0.39 is 18.0 Å². The first kappa shape index (κ1) is 34.7. The molecule has 48 heavy (non-hydrogen) atoms. The van der Waals surface area contributed by atoms with Crippen molar-refractivity contribution in [2.24, 2.45) is 4.99 Å². The Morgan fingerprint density at radius 3 is 2.42 bits per heavy atom. The normalized spacial score (nSPS) is 14.2. The third kappa shape index (κ3) is 7.75. The molecule has 1 aliphatic rings. The fourth-order valence-electron chi connectivity index (χ4n) is 5.00. The maximum Gasteiger partial charge on any atom is 0.343 e. The predicted octanol–water partition coefficient (Wildman–Crippen LogP) is 5.63. The molecule has 5 rings (SSSR count). The molecular weight excluding hydrogens is 679 g/mol. The van der Waals surface area contributed by atoms with Gasteiger partial charge in [-0.15, -0.1) is 0 Å². The van der Waals surface area contributed by atoms with Gasteiger partial charge in [0.15, 0.2) is 22.9 Å². The van der Waals surface area contributed by atoms with E-state index in [1.807, 2.05) is 25.1 Å². The largest absolute Gasteiger partial charge is 0.490 e. The second-order valence-electron chi connectivity index (χ2n) is 10.4. The summed E-state index contributed by atoms with van der Waals surface area (Å²) in [5, 5.41) is 1.07. The minimum atomic E-state index is -0.869. The van der Waals surface area contributed by atoms with Crippen molar-refractivity contribution in [1.82, 2.24) is 4.57 Å². The number of carbonyl (C=O) groups excluding carboxylic acids is 2. The van der Waals surface area contributed by atoms with Crippen molar-refractivity contribution in [3.8, 4) is 17.2 Å². The van der Waals surface area contributed by atoms with Gasteiger partial charge in [0.05, 0.1) is 42.2 Å². The van der Waals surface area contributed by atoms with Crippen LogP contribution in [0.1, 0.15) is 43.5 Å². The number of benzene rings is 3. The molecule has 250 valence electrons. The molecule has 1 aliphatic heterocycles. The zero-order valence-corrected chi connectivity index (χ0v) is 28.9. The number of fused-ring (bicyclic) bond motifs is 1. The maximum atomic E-state index is 14.1. The molecule has 3 aromatic carbocycles. The molecule has 0 fully saturated rings. The monoisotopic (exact) mass is 710 g/mol. The minimum absolute atomic E-state index is 0.143. The highest BCUT2D eigenvalue weighted by Crippen LogP contribution is 2.36. The van der Waals surface area contributed by atoms with Crippen molar-refractivity contribution in [3.05, 3.63) is 118 Å². The summed E-state index contributed by atoms with van der Waals surface area (Å²) in [5.41, 5.74) is 2.45. The molecule has 0 N–H and O–H groups in total. The van der Waals surface area contributed by atoms with Crippen molar-refractivity contribution >= 4 is 52.6 Å². The lowest BCUT2D eigenvalue weighted by atomic mass is 9.95. The number of allylic oxidation sites excluding steroid dienone is 1. The molecule has 2 heterocycles. The van der Waals surface area contributed by atoms with Crippen LogP contribution in [0.3, 0.4) is 0 Å². The van der Waals surface area contributed by atoms with E-state index in [9.17, 15) is 14.4 Å². The first-order valence-corrected chi connectivity index (χ1v) is 16.5. The molecule has 0 amide bonds. The van der Waals surface area contributed by atoms with Crippen LogP contribution in [0.15, 0.2) is 81.7 Å². The maximum absolute atomic E-state index is 14.1. The Morgan fingerprint density at radius 2 is 1.73 bits per heavy atom. The number of aromatic nitrogens is 1. The van der Waals surface area contributed by atoms with Crippen molar-refractivity contribution in [2.45, 2.75) is 33.4 Å². The molecule has 0 aliphatic carbocycles. The first-order valence-electron chi connectivity index (χ1n) is 15.0. The van der Waals surface area contributed by atoms with E-state index in [-0.39, 0.29) is 31.0 Å². The van der Waals surface area contributed by atoms with Gasteiger partial charge < -0.3 is 23.7 Å². The van der Waals surface area contributed by atoms with Crippen LogP contribution >= 0.6 is 34.5 Å². The summed E-state index contributed by atoms with van der Waals surface area (Å²) in [6.07, 6.45) is 1.76. The zero-order chi connectivity index (χ0) is 34.4. The van der Waals surface area contributed by atoms with Crippen LogP contribution in [0.2, 0.25) is 10.0 Å². The van der Waals surface area contributed by atoms with E-state index in [0.717, 1.165) is 11.1 Å². The van der Waals surface area contributed by atoms with Gasteiger partial charge in [-0.2, -0.15) is 0 Å². The highest BCUT2D eigenvalue weighted by atomic mass is 35.5. The van der Waals surface area contributed by atoms with Gasteiger partial charge in [-0.1, -0.05) is 58.8 Å². The zero-order valence-electron chi connectivity index (χ0n) is 26.6. The number of hydrogen-bond acceptors (Lipinski definition) is 10. The van der Waals surface area contributed by atoms with Crippen molar-refractivity contribution in [3.63, 3.8) is 0 Å². The Bertz CT molecular complexity index is 2050. The summed E-state index contributed by atoms with van der Waals surface area (Å²) in [6, 6.07) is 16.7. The van der Waals surface area contributed by atoms with E-state index in [0.29, 0.717) is 54.5 Å². The van der Waals surface area contributed by atoms with Crippen LogP contribution in [0.5, 0.6) is 17.2 Å². The number of thiazole rings is 1. The van der Waals surface area contributed by atoms with Gasteiger partial charge in [0.25, 0.3) is 5.56 Å². The summed E-state index contributed by atoms with van der Waals surface area (Å²) in [6.45, 7) is 5.62. The van der Waals surface area contributed by atoms with Crippen molar-refractivity contribution in [2.75, 3.05) is 26.9 Å². The Morgan fingerprint density at radius 1 is 0.958 bits per heavy atom. The van der Waals surface area contributed by atoms with Gasteiger partial charge in [-0.25, -0.2) is 14.6 Å². The molecule has 1 atom stereocenters.